The molecule has 0 unspecified atom stereocenters. The van der Waals surface area contributed by atoms with Gasteiger partial charge in [-0.15, -0.1) is 0 Å². The van der Waals surface area contributed by atoms with Crippen molar-refractivity contribution in [1.29, 1.82) is 0 Å². The van der Waals surface area contributed by atoms with E-state index in [4.69, 9.17) is 16.6 Å². The highest BCUT2D eigenvalue weighted by atomic mass is 35.5. The van der Waals surface area contributed by atoms with Gasteiger partial charge in [-0.25, -0.2) is 9.97 Å². The Morgan fingerprint density at radius 1 is 1.13 bits per heavy atom. The molecule has 120 valence electrons. The Bertz CT molecular complexity index is 713. The second-order valence-electron chi connectivity index (χ2n) is 6.68. The van der Waals surface area contributed by atoms with Crippen LogP contribution < -0.4 is 4.90 Å². The molecule has 1 aromatic carbocycles. The number of aromatic nitrogens is 2. The molecule has 0 saturated heterocycles. The van der Waals surface area contributed by atoms with E-state index in [1.54, 1.807) is 6.07 Å². The number of rotatable bonds is 6. The van der Waals surface area contributed by atoms with E-state index in [0.29, 0.717) is 16.8 Å². The van der Waals surface area contributed by atoms with E-state index in [0.717, 1.165) is 49.1 Å². The highest BCUT2D eigenvalue weighted by molar-refractivity contribution is 6.29. The van der Waals surface area contributed by atoms with Gasteiger partial charge in [-0.2, -0.15) is 0 Å². The lowest BCUT2D eigenvalue weighted by molar-refractivity contribution is 0.474. The van der Waals surface area contributed by atoms with Gasteiger partial charge in [-0.1, -0.05) is 23.7 Å². The molecule has 0 aliphatic heterocycles. The van der Waals surface area contributed by atoms with Crippen LogP contribution in [0.15, 0.2) is 30.3 Å². The molecular weight excluding hydrogens is 310 g/mol. The van der Waals surface area contributed by atoms with Gasteiger partial charge in [0.15, 0.2) is 0 Å². The third-order valence-electron chi connectivity index (χ3n) is 4.42. The molecule has 23 heavy (non-hydrogen) atoms. The molecule has 0 bridgehead atoms. The van der Waals surface area contributed by atoms with Crippen molar-refractivity contribution in [2.75, 3.05) is 11.4 Å². The minimum absolute atomic E-state index is 0.299. The summed E-state index contributed by atoms with van der Waals surface area (Å²) < 4.78 is 0. The number of anilines is 1. The first-order valence-corrected chi connectivity index (χ1v) is 8.62. The zero-order chi connectivity index (χ0) is 15.8. The first kappa shape index (κ1) is 14.8. The van der Waals surface area contributed by atoms with E-state index < -0.39 is 0 Å². The molecule has 1 N–H and O–H groups in total. The second kappa shape index (κ2) is 6.00. The third-order valence-corrected chi connectivity index (χ3v) is 4.62. The summed E-state index contributed by atoms with van der Waals surface area (Å²) in [4.78, 5) is 11.4. The highest BCUT2D eigenvalue weighted by Crippen LogP contribution is 2.39. The lowest BCUT2D eigenvalue weighted by Crippen LogP contribution is -2.26. The standard InChI is InChI=1S/C18H20ClN3O/c19-16-9-17(21-18(20-16)14-6-7-14)22(10-12-4-5-12)11-13-2-1-3-15(23)8-13/h1-3,8-9,12,14,23H,4-7,10-11H2. The number of benzene rings is 1. The quantitative estimate of drug-likeness (QED) is 0.809. The fourth-order valence-electron chi connectivity index (χ4n) is 2.84. The van der Waals surface area contributed by atoms with E-state index in [2.05, 4.69) is 9.88 Å². The van der Waals surface area contributed by atoms with Crippen molar-refractivity contribution in [1.82, 2.24) is 9.97 Å². The predicted octanol–water partition coefficient (Wildman–Crippen LogP) is 4.13. The van der Waals surface area contributed by atoms with Crippen molar-refractivity contribution in [3.63, 3.8) is 0 Å². The normalized spacial score (nSPS) is 17.3. The van der Waals surface area contributed by atoms with Crippen molar-refractivity contribution in [2.45, 2.75) is 38.1 Å². The lowest BCUT2D eigenvalue weighted by atomic mass is 10.2. The van der Waals surface area contributed by atoms with Gasteiger partial charge < -0.3 is 10.0 Å². The Balaban J connectivity index is 1.62. The monoisotopic (exact) mass is 329 g/mol. The number of aromatic hydroxyl groups is 1. The molecule has 4 rings (SSSR count). The van der Waals surface area contributed by atoms with Crippen LogP contribution in [0.25, 0.3) is 0 Å². The summed E-state index contributed by atoms with van der Waals surface area (Å²) in [5.41, 5.74) is 1.08. The Kier molecular flexibility index (Phi) is 3.85. The first-order chi connectivity index (χ1) is 11.2. The summed E-state index contributed by atoms with van der Waals surface area (Å²) in [7, 11) is 0. The highest BCUT2D eigenvalue weighted by Gasteiger charge is 2.29. The van der Waals surface area contributed by atoms with E-state index in [1.807, 2.05) is 24.3 Å². The number of phenolic OH excluding ortho intramolecular Hbond substituents is 1. The summed E-state index contributed by atoms with van der Waals surface area (Å²) >= 11 is 6.23. The number of phenols is 1. The summed E-state index contributed by atoms with van der Waals surface area (Å²) in [6.45, 7) is 1.70. The van der Waals surface area contributed by atoms with Crippen LogP contribution in [0.5, 0.6) is 5.75 Å². The van der Waals surface area contributed by atoms with E-state index >= 15 is 0 Å². The van der Waals surface area contributed by atoms with Crippen LogP contribution >= 0.6 is 11.6 Å². The molecule has 5 heteroatoms. The number of hydrogen-bond acceptors (Lipinski definition) is 4. The summed E-state index contributed by atoms with van der Waals surface area (Å²) in [5, 5.41) is 10.2. The number of hydrogen-bond donors (Lipinski definition) is 1. The average Bonchev–Trinajstić information content (AvgIpc) is 3.39. The van der Waals surface area contributed by atoms with Crippen LogP contribution in [0.3, 0.4) is 0 Å². The SMILES string of the molecule is Oc1cccc(CN(CC2CC2)c2cc(Cl)nc(C3CC3)n2)c1. The third kappa shape index (κ3) is 3.75. The summed E-state index contributed by atoms with van der Waals surface area (Å²) in [6, 6.07) is 9.28. The molecule has 0 radical (unpaired) electrons. The Morgan fingerprint density at radius 3 is 2.65 bits per heavy atom. The summed E-state index contributed by atoms with van der Waals surface area (Å²) in [6.07, 6.45) is 4.89. The maximum atomic E-state index is 9.69. The zero-order valence-electron chi connectivity index (χ0n) is 13.0. The fraction of sp³-hybridized carbons (Fsp3) is 0.444. The molecule has 2 aromatic rings. The van der Waals surface area contributed by atoms with Gasteiger partial charge in [-0.3, -0.25) is 0 Å². The molecule has 2 fully saturated rings. The van der Waals surface area contributed by atoms with Gasteiger partial charge in [0, 0.05) is 25.1 Å². The van der Waals surface area contributed by atoms with Crippen molar-refractivity contribution in [2.24, 2.45) is 5.92 Å². The first-order valence-electron chi connectivity index (χ1n) is 8.25. The minimum atomic E-state index is 0.299. The summed E-state index contributed by atoms with van der Waals surface area (Å²) in [5.74, 6) is 3.31. The predicted molar refractivity (Wildman–Crippen MR) is 90.9 cm³/mol. The van der Waals surface area contributed by atoms with Crippen LogP contribution in [0, 0.1) is 5.92 Å². The molecule has 2 aliphatic rings. The lowest BCUT2D eigenvalue weighted by Gasteiger charge is -2.24. The molecule has 0 spiro atoms. The zero-order valence-corrected chi connectivity index (χ0v) is 13.7. The molecule has 0 amide bonds. The maximum Gasteiger partial charge on any atom is 0.135 e. The molecule has 4 nitrogen and oxygen atoms in total. The Labute approximate surface area is 141 Å². The van der Waals surface area contributed by atoms with Gasteiger partial charge in [0.05, 0.1) is 0 Å². The van der Waals surface area contributed by atoms with Crippen LogP contribution in [0.1, 0.15) is 43.0 Å². The van der Waals surface area contributed by atoms with E-state index in [9.17, 15) is 5.11 Å². The largest absolute Gasteiger partial charge is 0.508 e. The van der Waals surface area contributed by atoms with Crippen molar-refractivity contribution in [3.8, 4) is 5.75 Å². The second-order valence-corrected chi connectivity index (χ2v) is 7.06. The van der Waals surface area contributed by atoms with Gasteiger partial charge in [-0.05, 0) is 49.3 Å². The van der Waals surface area contributed by atoms with Gasteiger partial charge in [0.25, 0.3) is 0 Å². The fourth-order valence-corrected chi connectivity index (χ4v) is 3.02. The van der Waals surface area contributed by atoms with E-state index in [1.165, 1.54) is 12.8 Å². The van der Waals surface area contributed by atoms with E-state index in [-0.39, 0.29) is 0 Å². The molecule has 2 aliphatic carbocycles. The van der Waals surface area contributed by atoms with Crippen molar-refractivity contribution in [3.05, 3.63) is 46.9 Å². The average molecular weight is 330 g/mol. The number of halogens is 1. The van der Waals surface area contributed by atoms with Gasteiger partial charge in [0.1, 0.15) is 22.5 Å². The minimum Gasteiger partial charge on any atom is -0.508 e. The number of nitrogens with zero attached hydrogens (tertiary/aromatic N) is 3. The van der Waals surface area contributed by atoms with Crippen molar-refractivity contribution >= 4 is 17.4 Å². The van der Waals surface area contributed by atoms with Gasteiger partial charge in [0.2, 0.25) is 0 Å². The Hall–Kier alpha value is -1.81. The molecule has 2 saturated carbocycles. The molecule has 1 heterocycles. The molecular formula is C18H20ClN3O. The van der Waals surface area contributed by atoms with Crippen LogP contribution in [0.2, 0.25) is 5.15 Å². The molecule has 1 aromatic heterocycles. The topological polar surface area (TPSA) is 49.2 Å². The van der Waals surface area contributed by atoms with Crippen LogP contribution in [-0.2, 0) is 6.54 Å². The van der Waals surface area contributed by atoms with Crippen LogP contribution in [0.4, 0.5) is 5.82 Å². The maximum absolute atomic E-state index is 9.69. The van der Waals surface area contributed by atoms with Crippen molar-refractivity contribution < 1.29 is 5.11 Å². The molecule has 0 atom stereocenters. The van der Waals surface area contributed by atoms with Crippen LogP contribution in [-0.4, -0.2) is 21.6 Å². The van der Waals surface area contributed by atoms with Gasteiger partial charge >= 0.3 is 0 Å². The smallest absolute Gasteiger partial charge is 0.135 e. The Morgan fingerprint density at radius 2 is 1.96 bits per heavy atom.